The SMILES string of the molecule is CC(C)(Nc1c(F)cc(C(N)=S)cc1F)C1CC1. The molecule has 5 heteroatoms. The molecular formula is C13H16F2N2S. The molecule has 0 atom stereocenters. The molecule has 0 radical (unpaired) electrons. The van der Waals surface area contributed by atoms with Crippen molar-refractivity contribution in [2.45, 2.75) is 32.2 Å². The van der Waals surface area contributed by atoms with Crippen LogP contribution >= 0.6 is 12.2 Å². The molecule has 1 aliphatic rings. The maximum absolute atomic E-state index is 13.9. The fourth-order valence-electron chi connectivity index (χ4n) is 2.06. The molecule has 0 unspecified atom stereocenters. The maximum Gasteiger partial charge on any atom is 0.150 e. The normalized spacial score (nSPS) is 15.6. The van der Waals surface area contributed by atoms with Crippen LogP contribution in [0.2, 0.25) is 0 Å². The molecule has 0 amide bonds. The van der Waals surface area contributed by atoms with Crippen LogP contribution < -0.4 is 11.1 Å². The first-order chi connectivity index (χ1) is 8.31. The van der Waals surface area contributed by atoms with Gasteiger partial charge in [-0.3, -0.25) is 0 Å². The largest absolute Gasteiger partial charge is 0.389 e. The molecule has 0 aliphatic heterocycles. The Labute approximate surface area is 111 Å². The van der Waals surface area contributed by atoms with E-state index in [1.165, 1.54) is 0 Å². The van der Waals surface area contributed by atoms with Gasteiger partial charge in [0, 0.05) is 11.1 Å². The molecule has 2 nitrogen and oxygen atoms in total. The Kier molecular flexibility index (Phi) is 3.27. The number of benzene rings is 1. The fraction of sp³-hybridized carbons (Fsp3) is 0.462. The van der Waals surface area contributed by atoms with E-state index in [2.05, 4.69) is 5.32 Å². The summed E-state index contributed by atoms with van der Waals surface area (Å²) in [6.07, 6.45) is 2.18. The topological polar surface area (TPSA) is 38.0 Å². The number of thiocarbonyl (C=S) groups is 1. The van der Waals surface area contributed by atoms with Crippen LogP contribution in [0.15, 0.2) is 12.1 Å². The Morgan fingerprint density at radius 3 is 2.22 bits per heavy atom. The van der Waals surface area contributed by atoms with Gasteiger partial charge in [-0.1, -0.05) is 12.2 Å². The van der Waals surface area contributed by atoms with Gasteiger partial charge in [-0.15, -0.1) is 0 Å². The highest BCUT2D eigenvalue weighted by Crippen LogP contribution is 2.41. The lowest BCUT2D eigenvalue weighted by molar-refractivity contribution is 0.481. The van der Waals surface area contributed by atoms with Gasteiger partial charge >= 0.3 is 0 Å². The van der Waals surface area contributed by atoms with E-state index in [9.17, 15) is 8.78 Å². The lowest BCUT2D eigenvalue weighted by Crippen LogP contribution is -2.34. The Morgan fingerprint density at radius 2 is 1.83 bits per heavy atom. The Morgan fingerprint density at radius 1 is 1.33 bits per heavy atom. The second-order valence-corrected chi connectivity index (χ2v) is 5.74. The predicted molar refractivity (Wildman–Crippen MR) is 72.7 cm³/mol. The van der Waals surface area contributed by atoms with E-state index in [0.717, 1.165) is 25.0 Å². The molecule has 0 bridgehead atoms. The summed E-state index contributed by atoms with van der Waals surface area (Å²) in [6.45, 7) is 3.90. The van der Waals surface area contributed by atoms with Gasteiger partial charge in [-0.05, 0) is 44.7 Å². The molecule has 0 aromatic heterocycles. The minimum atomic E-state index is -0.661. The van der Waals surface area contributed by atoms with Gasteiger partial charge in [0.15, 0.2) is 0 Å². The predicted octanol–water partition coefficient (Wildman–Crippen LogP) is 3.20. The number of anilines is 1. The Bertz CT molecular complexity index is 473. The monoisotopic (exact) mass is 270 g/mol. The molecule has 0 spiro atoms. The van der Waals surface area contributed by atoms with Gasteiger partial charge in [0.2, 0.25) is 0 Å². The summed E-state index contributed by atoms with van der Waals surface area (Å²) in [5, 5.41) is 2.95. The molecule has 0 heterocycles. The molecule has 0 saturated heterocycles. The van der Waals surface area contributed by atoms with E-state index in [4.69, 9.17) is 18.0 Å². The first-order valence-corrected chi connectivity index (χ1v) is 6.29. The molecule has 18 heavy (non-hydrogen) atoms. The molecule has 2 rings (SSSR count). The zero-order chi connectivity index (χ0) is 13.5. The fourth-order valence-corrected chi connectivity index (χ4v) is 2.18. The lowest BCUT2D eigenvalue weighted by Gasteiger charge is -2.28. The Balaban J connectivity index is 2.31. The van der Waals surface area contributed by atoms with Crippen LogP contribution in [0.25, 0.3) is 0 Å². The standard InChI is InChI=1S/C13H16F2N2S/c1-13(2,8-3-4-8)17-11-9(14)5-7(12(16)18)6-10(11)15/h5-6,8,17H,3-4H2,1-2H3,(H2,16,18). The van der Waals surface area contributed by atoms with Crippen LogP contribution in [0.3, 0.4) is 0 Å². The molecule has 1 aromatic rings. The second kappa shape index (κ2) is 4.46. The maximum atomic E-state index is 13.9. The van der Waals surface area contributed by atoms with Gasteiger partial charge in [-0.25, -0.2) is 8.78 Å². The van der Waals surface area contributed by atoms with Crippen molar-refractivity contribution in [2.75, 3.05) is 5.32 Å². The first-order valence-electron chi connectivity index (χ1n) is 5.88. The van der Waals surface area contributed by atoms with E-state index < -0.39 is 11.6 Å². The molecule has 1 saturated carbocycles. The summed E-state index contributed by atoms with van der Waals surface area (Å²) >= 11 is 4.71. The van der Waals surface area contributed by atoms with Crippen LogP contribution in [0.1, 0.15) is 32.3 Å². The summed E-state index contributed by atoms with van der Waals surface area (Å²) < 4.78 is 27.7. The zero-order valence-electron chi connectivity index (χ0n) is 10.4. The molecular weight excluding hydrogens is 254 g/mol. The highest BCUT2D eigenvalue weighted by atomic mass is 32.1. The molecule has 1 fully saturated rings. The average Bonchev–Trinajstić information content (AvgIpc) is 3.06. The van der Waals surface area contributed by atoms with Crippen molar-refractivity contribution in [3.8, 4) is 0 Å². The average molecular weight is 270 g/mol. The van der Waals surface area contributed by atoms with Crippen molar-refractivity contribution in [3.05, 3.63) is 29.3 Å². The van der Waals surface area contributed by atoms with Crippen LogP contribution in [0.5, 0.6) is 0 Å². The van der Waals surface area contributed by atoms with Crippen molar-refractivity contribution in [3.63, 3.8) is 0 Å². The van der Waals surface area contributed by atoms with Gasteiger partial charge in [0.25, 0.3) is 0 Å². The third-order valence-electron chi connectivity index (χ3n) is 3.37. The van der Waals surface area contributed by atoms with Crippen LogP contribution in [-0.2, 0) is 0 Å². The van der Waals surface area contributed by atoms with Gasteiger partial charge in [0.05, 0.1) is 0 Å². The Hall–Kier alpha value is -1.23. The third kappa shape index (κ3) is 2.61. The van der Waals surface area contributed by atoms with E-state index in [1.54, 1.807) is 0 Å². The van der Waals surface area contributed by atoms with Crippen molar-refractivity contribution >= 4 is 22.9 Å². The summed E-state index contributed by atoms with van der Waals surface area (Å²) in [6, 6.07) is 2.33. The van der Waals surface area contributed by atoms with E-state index >= 15 is 0 Å². The lowest BCUT2D eigenvalue weighted by atomic mass is 9.98. The summed E-state index contributed by atoms with van der Waals surface area (Å²) in [5.74, 6) is -0.857. The van der Waals surface area contributed by atoms with Crippen molar-refractivity contribution < 1.29 is 8.78 Å². The smallest absolute Gasteiger partial charge is 0.150 e. The summed E-state index contributed by atoms with van der Waals surface area (Å²) in [7, 11) is 0. The minimum Gasteiger partial charge on any atom is -0.389 e. The quantitative estimate of drug-likeness (QED) is 0.825. The van der Waals surface area contributed by atoms with Crippen LogP contribution in [0, 0.1) is 17.6 Å². The summed E-state index contributed by atoms with van der Waals surface area (Å²) in [4.78, 5) is -0.0131. The molecule has 1 aromatic carbocycles. The second-order valence-electron chi connectivity index (χ2n) is 5.30. The third-order valence-corrected chi connectivity index (χ3v) is 3.61. The number of hydrogen-bond donors (Lipinski definition) is 2. The minimum absolute atomic E-state index is 0.0131. The van der Waals surface area contributed by atoms with E-state index in [-0.39, 0.29) is 21.8 Å². The molecule has 98 valence electrons. The number of nitrogens with two attached hydrogens (primary N) is 1. The molecule has 3 N–H and O–H groups in total. The zero-order valence-corrected chi connectivity index (χ0v) is 11.2. The van der Waals surface area contributed by atoms with Gasteiger partial charge in [-0.2, -0.15) is 0 Å². The number of hydrogen-bond acceptors (Lipinski definition) is 2. The molecule has 1 aliphatic carbocycles. The number of halogens is 2. The summed E-state index contributed by atoms with van der Waals surface area (Å²) in [5.41, 5.74) is 5.15. The number of nitrogens with one attached hydrogen (secondary N) is 1. The highest BCUT2D eigenvalue weighted by Gasteiger charge is 2.38. The van der Waals surface area contributed by atoms with Gasteiger partial charge in [0.1, 0.15) is 22.3 Å². The van der Waals surface area contributed by atoms with Gasteiger partial charge < -0.3 is 11.1 Å². The van der Waals surface area contributed by atoms with Crippen molar-refractivity contribution in [2.24, 2.45) is 11.7 Å². The number of rotatable bonds is 4. The van der Waals surface area contributed by atoms with Crippen molar-refractivity contribution in [1.29, 1.82) is 0 Å². The van der Waals surface area contributed by atoms with Crippen LogP contribution in [0.4, 0.5) is 14.5 Å². The van der Waals surface area contributed by atoms with E-state index in [1.807, 2.05) is 13.8 Å². The first kappa shape index (κ1) is 13.2. The highest BCUT2D eigenvalue weighted by molar-refractivity contribution is 7.80. The van der Waals surface area contributed by atoms with Crippen LogP contribution in [-0.4, -0.2) is 10.5 Å². The van der Waals surface area contributed by atoms with Crippen molar-refractivity contribution in [1.82, 2.24) is 0 Å². The van der Waals surface area contributed by atoms with E-state index in [0.29, 0.717) is 5.92 Å².